The molecule has 1 aromatic rings. The standard InChI is InChI=1S/C15H20F2N2O.ClH/c16-12-5-6-13(17)10(8-12)4-7-15(20)19-14-3-1-2-11(14)9-18;/h5-6,8,11,14H,1-4,7,9,18H2,(H,19,20);1H. The van der Waals surface area contributed by atoms with Crippen LogP contribution in [0.2, 0.25) is 0 Å². The van der Waals surface area contributed by atoms with Gasteiger partial charge in [0.25, 0.3) is 0 Å². The van der Waals surface area contributed by atoms with E-state index in [0.717, 1.165) is 37.5 Å². The minimum atomic E-state index is -0.485. The molecule has 0 aliphatic heterocycles. The second-order valence-electron chi connectivity index (χ2n) is 5.34. The number of carbonyl (C=O) groups is 1. The highest BCUT2D eigenvalue weighted by atomic mass is 35.5. The maximum Gasteiger partial charge on any atom is 0.220 e. The number of benzene rings is 1. The van der Waals surface area contributed by atoms with Crippen molar-refractivity contribution in [3.63, 3.8) is 0 Å². The Morgan fingerprint density at radius 1 is 1.33 bits per heavy atom. The number of hydrogen-bond donors (Lipinski definition) is 2. The highest BCUT2D eigenvalue weighted by molar-refractivity contribution is 5.85. The summed E-state index contributed by atoms with van der Waals surface area (Å²) in [5.41, 5.74) is 5.90. The lowest BCUT2D eigenvalue weighted by Gasteiger charge is -2.19. The van der Waals surface area contributed by atoms with Gasteiger partial charge in [-0.2, -0.15) is 0 Å². The van der Waals surface area contributed by atoms with Crippen LogP contribution in [0.4, 0.5) is 8.78 Å². The molecule has 1 aliphatic carbocycles. The van der Waals surface area contributed by atoms with Gasteiger partial charge in [0.05, 0.1) is 0 Å². The Kier molecular flexibility index (Phi) is 7.05. The molecule has 1 aromatic carbocycles. The van der Waals surface area contributed by atoms with Crippen LogP contribution >= 0.6 is 12.4 Å². The van der Waals surface area contributed by atoms with E-state index >= 15 is 0 Å². The highest BCUT2D eigenvalue weighted by Crippen LogP contribution is 2.24. The number of nitrogens with two attached hydrogens (primary N) is 1. The van der Waals surface area contributed by atoms with E-state index in [1.54, 1.807) is 0 Å². The highest BCUT2D eigenvalue weighted by Gasteiger charge is 2.27. The first-order valence-corrected chi connectivity index (χ1v) is 7.03. The molecule has 0 radical (unpaired) electrons. The summed E-state index contributed by atoms with van der Waals surface area (Å²) in [6.45, 7) is 0.573. The van der Waals surface area contributed by atoms with Gasteiger partial charge in [-0.05, 0) is 55.5 Å². The molecule has 0 spiro atoms. The van der Waals surface area contributed by atoms with Crippen LogP contribution in [-0.4, -0.2) is 18.5 Å². The normalized spacial score (nSPS) is 20.9. The molecule has 1 amide bonds. The average Bonchev–Trinajstić information content (AvgIpc) is 2.87. The van der Waals surface area contributed by atoms with Gasteiger partial charge in [-0.15, -0.1) is 12.4 Å². The van der Waals surface area contributed by atoms with Crippen molar-refractivity contribution in [1.82, 2.24) is 5.32 Å². The van der Waals surface area contributed by atoms with E-state index in [9.17, 15) is 13.6 Å². The first-order valence-electron chi connectivity index (χ1n) is 7.03. The van der Waals surface area contributed by atoms with E-state index in [1.165, 1.54) is 0 Å². The summed E-state index contributed by atoms with van der Waals surface area (Å²) in [4.78, 5) is 11.9. The predicted octanol–water partition coefficient (Wildman–Crippen LogP) is 2.56. The Morgan fingerprint density at radius 3 is 2.81 bits per heavy atom. The monoisotopic (exact) mass is 318 g/mol. The summed E-state index contributed by atoms with van der Waals surface area (Å²) in [5, 5.41) is 2.95. The second kappa shape index (κ2) is 8.29. The fraction of sp³-hybridized carbons (Fsp3) is 0.533. The summed E-state index contributed by atoms with van der Waals surface area (Å²) in [6, 6.07) is 3.43. The van der Waals surface area contributed by atoms with Crippen molar-refractivity contribution in [2.45, 2.75) is 38.1 Å². The quantitative estimate of drug-likeness (QED) is 0.876. The van der Waals surface area contributed by atoms with Crippen molar-refractivity contribution in [3.05, 3.63) is 35.4 Å². The molecule has 1 fully saturated rings. The average molecular weight is 319 g/mol. The lowest BCUT2D eigenvalue weighted by Crippen LogP contribution is -2.39. The molecule has 0 bridgehead atoms. The number of halogens is 3. The van der Waals surface area contributed by atoms with Gasteiger partial charge in [-0.1, -0.05) is 6.42 Å². The fourth-order valence-electron chi connectivity index (χ4n) is 2.77. The Bertz CT molecular complexity index is 485. The number of aryl methyl sites for hydroxylation is 1. The molecule has 3 nitrogen and oxygen atoms in total. The molecule has 118 valence electrons. The van der Waals surface area contributed by atoms with Crippen LogP contribution < -0.4 is 11.1 Å². The van der Waals surface area contributed by atoms with Gasteiger partial charge in [0, 0.05) is 12.5 Å². The molecule has 1 aliphatic rings. The SMILES string of the molecule is Cl.NCC1CCCC1NC(=O)CCc1cc(F)ccc1F. The molecule has 0 heterocycles. The number of amides is 1. The van der Waals surface area contributed by atoms with Gasteiger partial charge in [-0.3, -0.25) is 4.79 Å². The largest absolute Gasteiger partial charge is 0.353 e. The minimum absolute atomic E-state index is 0. The molecule has 1 saturated carbocycles. The molecule has 2 unspecified atom stereocenters. The molecular formula is C15H21ClF2N2O. The van der Waals surface area contributed by atoms with E-state index in [0.29, 0.717) is 12.5 Å². The van der Waals surface area contributed by atoms with Crippen molar-refractivity contribution in [1.29, 1.82) is 0 Å². The van der Waals surface area contributed by atoms with Crippen LogP contribution in [0, 0.1) is 17.6 Å². The van der Waals surface area contributed by atoms with Gasteiger partial charge < -0.3 is 11.1 Å². The van der Waals surface area contributed by atoms with Crippen molar-refractivity contribution in [2.24, 2.45) is 11.7 Å². The van der Waals surface area contributed by atoms with Crippen molar-refractivity contribution < 1.29 is 13.6 Å². The van der Waals surface area contributed by atoms with Crippen LogP contribution in [0.5, 0.6) is 0 Å². The third-order valence-electron chi connectivity index (χ3n) is 3.94. The van der Waals surface area contributed by atoms with Gasteiger partial charge >= 0.3 is 0 Å². The topological polar surface area (TPSA) is 55.1 Å². The molecule has 21 heavy (non-hydrogen) atoms. The van der Waals surface area contributed by atoms with Crippen molar-refractivity contribution in [2.75, 3.05) is 6.54 Å². The molecule has 0 saturated heterocycles. The minimum Gasteiger partial charge on any atom is -0.353 e. The Hall–Kier alpha value is -1.20. The summed E-state index contributed by atoms with van der Waals surface area (Å²) in [7, 11) is 0. The van der Waals surface area contributed by atoms with Gasteiger partial charge in [0.1, 0.15) is 11.6 Å². The van der Waals surface area contributed by atoms with Crippen LogP contribution in [0.3, 0.4) is 0 Å². The first kappa shape index (κ1) is 17.9. The van der Waals surface area contributed by atoms with Crippen LogP contribution in [0.15, 0.2) is 18.2 Å². The van der Waals surface area contributed by atoms with Gasteiger partial charge in [0.15, 0.2) is 0 Å². The van der Waals surface area contributed by atoms with E-state index in [2.05, 4.69) is 5.32 Å². The van der Waals surface area contributed by atoms with Crippen molar-refractivity contribution >= 4 is 18.3 Å². The third kappa shape index (κ3) is 4.93. The lowest BCUT2D eigenvalue weighted by molar-refractivity contribution is -0.122. The maximum absolute atomic E-state index is 13.4. The van der Waals surface area contributed by atoms with Crippen LogP contribution in [-0.2, 0) is 11.2 Å². The third-order valence-corrected chi connectivity index (χ3v) is 3.94. The number of rotatable bonds is 5. The molecule has 2 atom stereocenters. The van der Waals surface area contributed by atoms with Gasteiger partial charge in [-0.25, -0.2) is 8.78 Å². The van der Waals surface area contributed by atoms with E-state index in [-0.39, 0.29) is 42.8 Å². The second-order valence-corrected chi connectivity index (χ2v) is 5.34. The molecular weight excluding hydrogens is 298 g/mol. The summed E-state index contributed by atoms with van der Waals surface area (Å²) in [5.74, 6) is -0.746. The first-order chi connectivity index (χ1) is 9.60. The van der Waals surface area contributed by atoms with E-state index < -0.39 is 11.6 Å². The Morgan fingerprint density at radius 2 is 2.10 bits per heavy atom. The Balaban J connectivity index is 0.00000220. The molecule has 6 heteroatoms. The predicted molar refractivity (Wildman–Crippen MR) is 80.3 cm³/mol. The Labute approximate surface area is 129 Å². The zero-order chi connectivity index (χ0) is 14.5. The van der Waals surface area contributed by atoms with E-state index in [1.807, 2.05) is 0 Å². The maximum atomic E-state index is 13.4. The number of nitrogens with one attached hydrogen (secondary N) is 1. The van der Waals surface area contributed by atoms with E-state index in [4.69, 9.17) is 5.73 Å². The smallest absolute Gasteiger partial charge is 0.220 e. The van der Waals surface area contributed by atoms with Crippen molar-refractivity contribution in [3.8, 4) is 0 Å². The molecule has 0 aromatic heterocycles. The van der Waals surface area contributed by atoms with Crippen LogP contribution in [0.25, 0.3) is 0 Å². The summed E-state index contributed by atoms with van der Waals surface area (Å²) < 4.78 is 26.4. The number of carbonyl (C=O) groups excluding carboxylic acids is 1. The summed E-state index contributed by atoms with van der Waals surface area (Å²) >= 11 is 0. The van der Waals surface area contributed by atoms with Gasteiger partial charge in [0.2, 0.25) is 5.91 Å². The lowest BCUT2D eigenvalue weighted by atomic mass is 10.0. The fourth-order valence-corrected chi connectivity index (χ4v) is 2.77. The zero-order valence-corrected chi connectivity index (χ0v) is 12.6. The molecule has 2 rings (SSSR count). The summed E-state index contributed by atoms with van der Waals surface area (Å²) in [6.07, 6.45) is 3.43. The molecule has 3 N–H and O–H groups in total. The zero-order valence-electron chi connectivity index (χ0n) is 11.8. The van der Waals surface area contributed by atoms with Crippen LogP contribution in [0.1, 0.15) is 31.2 Å². The number of hydrogen-bond acceptors (Lipinski definition) is 2.